The van der Waals surface area contributed by atoms with Gasteiger partial charge in [-0.3, -0.25) is 9.59 Å². The summed E-state index contributed by atoms with van der Waals surface area (Å²) in [6, 6.07) is -0.897. The SMILES string of the molecule is NC(CSCC(=O)N1C=CSC1)C(=O)O. The molecule has 5 nitrogen and oxygen atoms in total. The van der Waals surface area contributed by atoms with E-state index < -0.39 is 12.0 Å². The van der Waals surface area contributed by atoms with Gasteiger partial charge in [0.2, 0.25) is 5.91 Å². The number of thioether (sulfide) groups is 2. The molecule has 0 aliphatic carbocycles. The number of rotatable bonds is 5. The van der Waals surface area contributed by atoms with E-state index in [1.165, 1.54) is 11.8 Å². The van der Waals surface area contributed by atoms with Crippen LogP contribution in [0.1, 0.15) is 0 Å². The number of hydrogen-bond donors (Lipinski definition) is 2. The molecule has 15 heavy (non-hydrogen) atoms. The lowest BCUT2D eigenvalue weighted by molar-refractivity contribution is -0.138. The van der Waals surface area contributed by atoms with Crippen molar-refractivity contribution in [3.05, 3.63) is 11.6 Å². The molecule has 0 bridgehead atoms. The van der Waals surface area contributed by atoms with E-state index in [1.54, 1.807) is 22.9 Å². The van der Waals surface area contributed by atoms with Gasteiger partial charge in [0.15, 0.2) is 0 Å². The van der Waals surface area contributed by atoms with E-state index in [0.29, 0.717) is 5.88 Å². The van der Waals surface area contributed by atoms with Crippen LogP contribution in [0.4, 0.5) is 0 Å². The van der Waals surface area contributed by atoms with E-state index in [9.17, 15) is 9.59 Å². The molecular weight excluding hydrogens is 236 g/mol. The number of carbonyl (C=O) groups excluding carboxylic acids is 1. The standard InChI is InChI=1S/C8H12N2O3S2/c9-6(8(12)13)3-15-4-7(11)10-1-2-14-5-10/h1-2,6H,3-5,9H2,(H,12,13). The number of nitrogens with two attached hydrogens (primary N) is 1. The summed E-state index contributed by atoms with van der Waals surface area (Å²) < 4.78 is 0. The quantitative estimate of drug-likeness (QED) is 0.720. The first-order chi connectivity index (χ1) is 7.11. The normalized spacial score (nSPS) is 16.7. The first-order valence-electron chi connectivity index (χ1n) is 4.25. The van der Waals surface area contributed by atoms with Crippen molar-refractivity contribution >= 4 is 35.4 Å². The highest BCUT2D eigenvalue weighted by molar-refractivity contribution is 8.02. The van der Waals surface area contributed by atoms with Gasteiger partial charge in [0.1, 0.15) is 6.04 Å². The predicted molar refractivity (Wildman–Crippen MR) is 61.4 cm³/mol. The smallest absolute Gasteiger partial charge is 0.321 e. The summed E-state index contributed by atoms with van der Waals surface area (Å²) >= 11 is 2.80. The third kappa shape index (κ3) is 4.15. The molecule has 0 radical (unpaired) electrons. The molecule has 1 aliphatic rings. The number of carboxylic acids is 1. The monoisotopic (exact) mass is 248 g/mol. The van der Waals surface area contributed by atoms with Crippen LogP contribution in [0, 0.1) is 0 Å². The summed E-state index contributed by atoms with van der Waals surface area (Å²) in [5.41, 5.74) is 5.29. The molecule has 1 unspecified atom stereocenters. The molecule has 1 amide bonds. The van der Waals surface area contributed by atoms with Gasteiger partial charge in [-0.25, -0.2) is 0 Å². The lowest BCUT2D eigenvalue weighted by atomic mass is 10.4. The summed E-state index contributed by atoms with van der Waals surface area (Å²) in [4.78, 5) is 23.4. The Morgan fingerprint density at radius 1 is 1.67 bits per heavy atom. The van der Waals surface area contributed by atoms with E-state index >= 15 is 0 Å². The third-order valence-electron chi connectivity index (χ3n) is 1.71. The Morgan fingerprint density at radius 2 is 2.40 bits per heavy atom. The van der Waals surface area contributed by atoms with Gasteiger partial charge >= 0.3 is 5.97 Å². The second-order valence-corrected chi connectivity index (χ2v) is 4.80. The molecule has 0 fully saturated rings. The lowest BCUT2D eigenvalue weighted by Gasteiger charge is -2.12. The Morgan fingerprint density at radius 3 is 2.93 bits per heavy atom. The molecular formula is C8H12N2O3S2. The second-order valence-electron chi connectivity index (χ2n) is 2.90. The van der Waals surface area contributed by atoms with Gasteiger partial charge in [0.25, 0.3) is 0 Å². The maximum atomic E-state index is 11.4. The van der Waals surface area contributed by atoms with Gasteiger partial charge in [0, 0.05) is 12.0 Å². The van der Waals surface area contributed by atoms with Crippen molar-refractivity contribution in [3.8, 4) is 0 Å². The second kappa shape index (κ2) is 6.04. The molecule has 84 valence electrons. The minimum atomic E-state index is -1.04. The van der Waals surface area contributed by atoms with Crippen LogP contribution >= 0.6 is 23.5 Å². The van der Waals surface area contributed by atoms with Crippen LogP contribution in [-0.2, 0) is 9.59 Å². The molecule has 0 aromatic rings. The number of hydrogen-bond acceptors (Lipinski definition) is 5. The van der Waals surface area contributed by atoms with Crippen molar-refractivity contribution in [2.75, 3.05) is 17.4 Å². The Bertz CT molecular complexity index is 283. The van der Waals surface area contributed by atoms with Crippen LogP contribution in [0.3, 0.4) is 0 Å². The van der Waals surface area contributed by atoms with Crippen molar-refractivity contribution in [1.29, 1.82) is 0 Å². The van der Waals surface area contributed by atoms with Crippen molar-refractivity contribution in [2.45, 2.75) is 6.04 Å². The minimum absolute atomic E-state index is 0.0150. The Balaban J connectivity index is 2.17. The lowest BCUT2D eigenvalue weighted by Crippen LogP contribution is -2.33. The molecule has 0 aromatic heterocycles. The van der Waals surface area contributed by atoms with Crippen LogP contribution in [-0.4, -0.2) is 45.3 Å². The average Bonchev–Trinajstić information content (AvgIpc) is 2.70. The van der Waals surface area contributed by atoms with Crippen LogP contribution < -0.4 is 5.73 Å². The topological polar surface area (TPSA) is 83.6 Å². The maximum absolute atomic E-state index is 11.4. The Labute approximate surface area is 96.1 Å². The first-order valence-corrected chi connectivity index (χ1v) is 6.45. The largest absolute Gasteiger partial charge is 0.480 e. The van der Waals surface area contributed by atoms with Crippen LogP contribution in [0.15, 0.2) is 11.6 Å². The van der Waals surface area contributed by atoms with Crippen molar-refractivity contribution in [2.24, 2.45) is 5.73 Å². The minimum Gasteiger partial charge on any atom is -0.480 e. The van der Waals surface area contributed by atoms with Gasteiger partial charge in [-0.2, -0.15) is 0 Å². The van der Waals surface area contributed by atoms with Gasteiger partial charge in [-0.05, 0) is 5.41 Å². The number of aliphatic carboxylic acids is 1. The third-order valence-corrected chi connectivity index (χ3v) is 3.50. The molecule has 1 atom stereocenters. The first kappa shape index (κ1) is 12.4. The Hall–Kier alpha value is -0.660. The zero-order chi connectivity index (χ0) is 11.3. The van der Waals surface area contributed by atoms with Crippen LogP contribution in [0.5, 0.6) is 0 Å². The highest BCUT2D eigenvalue weighted by Crippen LogP contribution is 2.16. The zero-order valence-electron chi connectivity index (χ0n) is 7.96. The summed E-state index contributed by atoms with van der Waals surface area (Å²) in [6.07, 6.45) is 1.73. The fourth-order valence-corrected chi connectivity index (χ4v) is 2.43. The summed E-state index contributed by atoms with van der Waals surface area (Å²) in [7, 11) is 0. The maximum Gasteiger partial charge on any atom is 0.321 e. The van der Waals surface area contributed by atoms with Crippen molar-refractivity contribution in [1.82, 2.24) is 4.90 Å². The van der Waals surface area contributed by atoms with E-state index in [-0.39, 0.29) is 17.4 Å². The Kier molecular flexibility index (Phi) is 5.00. The van der Waals surface area contributed by atoms with Crippen LogP contribution in [0.2, 0.25) is 0 Å². The van der Waals surface area contributed by atoms with E-state index in [1.807, 2.05) is 5.41 Å². The average molecular weight is 248 g/mol. The van der Waals surface area contributed by atoms with E-state index in [4.69, 9.17) is 10.8 Å². The molecule has 1 heterocycles. The van der Waals surface area contributed by atoms with Gasteiger partial charge in [-0.1, -0.05) is 0 Å². The molecule has 0 spiro atoms. The van der Waals surface area contributed by atoms with Crippen molar-refractivity contribution < 1.29 is 14.7 Å². The molecule has 7 heteroatoms. The van der Waals surface area contributed by atoms with E-state index in [2.05, 4.69) is 0 Å². The number of nitrogens with zero attached hydrogens (tertiary/aromatic N) is 1. The molecule has 3 N–H and O–H groups in total. The van der Waals surface area contributed by atoms with Gasteiger partial charge < -0.3 is 15.7 Å². The molecule has 0 aromatic carbocycles. The predicted octanol–water partition coefficient (Wildman–Crippen LogP) is 0.136. The summed E-state index contributed by atoms with van der Waals surface area (Å²) in [5, 5.41) is 10.4. The van der Waals surface area contributed by atoms with E-state index in [0.717, 1.165) is 0 Å². The van der Waals surface area contributed by atoms with Gasteiger partial charge in [-0.15, -0.1) is 23.5 Å². The number of carbonyl (C=O) groups is 2. The highest BCUT2D eigenvalue weighted by atomic mass is 32.2. The summed E-state index contributed by atoms with van der Waals surface area (Å²) in [5.74, 6) is 0.118. The van der Waals surface area contributed by atoms with Crippen LogP contribution in [0.25, 0.3) is 0 Å². The highest BCUT2D eigenvalue weighted by Gasteiger charge is 2.16. The van der Waals surface area contributed by atoms with Crippen molar-refractivity contribution in [3.63, 3.8) is 0 Å². The fourth-order valence-electron chi connectivity index (χ4n) is 0.865. The number of carboxylic acid groups (broad SMARTS) is 1. The fraction of sp³-hybridized carbons (Fsp3) is 0.500. The molecule has 1 aliphatic heterocycles. The molecule has 0 saturated carbocycles. The number of amides is 1. The zero-order valence-corrected chi connectivity index (χ0v) is 9.59. The summed E-state index contributed by atoms with van der Waals surface area (Å²) in [6.45, 7) is 0. The van der Waals surface area contributed by atoms with Gasteiger partial charge in [0.05, 0.1) is 11.6 Å². The molecule has 0 saturated heterocycles. The molecule has 1 rings (SSSR count).